The van der Waals surface area contributed by atoms with E-state index in [0.29, 0.717) is 11.5 Å². The van der Waals surface area contributed by atoms with Crippen LogP contribution < -0.4 is 5.73 Å². The third kappa shape index (κ3) is 2.36. The van der Waals surface area contributed by atoms with Gasteiger partial charge < -0.3 is 5.73 Å². The molecule has 1 rings (SSSR count). The lowest BCUT2D eigenvalue weighted by Gasteiger charge is -2.14. The van der Waals surface area contributed by atoms with Crippen LogP contribution in [-0.4, -0.2) is 11.3 Å². The molecular weight excluding hydrogens is 164 g/mol. The van der Waals surface area contributed by atoms with Gasteiger partial charge in [-0.15, -0.1) is 0 Å². The van der Waals surface area contributed by atoms with Crippen LogP contribution in [0, 0.1) is 5.92 Å². The van der Waals surface area contributed by atoms with E-state index in [0.717, 1.165) is 12.0 Å². The van der Waals surface area contributed by atoms with Crippen LogP contribution in [0.4, 0.5) is 0 Å². The van der Waals surface area contributed by atoms with Gasteiger partial charge >= 0.3 is 0 Å². The first-order chi connectivity index (χ1) is 6.15. The Labute approximate surface area is 78.0 Å². The highest BCUT2D eigenvalue weighted by Crippen LogP contribution is 2.15. The fraction of sp³-hybridized carbons (Fsp3) is 0.400. The number of carbonyl (C=O) groups excluding carboxylic acids is 1. The molecule has 0 saturated carbocycles. The van der Waals surface area contributed by atoms with Crippen molar-refractivity contribution in [3.63, 3.8) is 0 Å². The summed E-state index contributed by atoms with van der Waals surface area (Å²) in [7, 11) is 0. The summed E-state index contributed by atoms with van der Waals surface area (Å²) in [5.74, 6) is 0.356. The molecule has 0 spiro atoms. The van der Waals surface area contributed by atoms with Crippen LogP contribution in [-0.2, 0) is 0 Å². The van der Waals surface area contributed by atoms with Gasteiger partial charge in [0.15, 0.2) is 6.29 Å². The van der Waals surface area contributed by atoms with Gasteiger partial charge in [0.1, 0.15) is 0 Å². The minimum Gasteiger partial charge on any atom is -0.322 e. The topological polar surface area (TPSA) is 56.0 Å². The molecule has 0 fully saturated rings. The van der Waals surface area contributed by atoms with Gasteiger partial charge in [0.05, 0.1) is 5.69 Å². The van der Waals surface area contributed by atoms with Crippen molar-refractivity contribution in [2.45, 2.75) is 19.9 Å². The van der Waals surface area contributed by atoms with Crippen LogP contribution in [0.25, 0.3) is 0 Å². The summed E-state index contributed by atoms with van der Waals surface area (Å²) in [6.07, 6.45) is 2.32. The number of carbonyl (C=O) groups is 1. The van der Waals surface area contributed by atoms with Crippen LogP contribution in [0.15, 0.2) is 18.3 Å². The van der Waals surface area contributed by atoms with Crippen LogP contribution >= 0.6 is 0 Å². The van der Waals surface area contributed by atoms with Gasteiger partial charge in [-0.25, -0.2) is 0 Å². The number of nitrogens with zero attached hydrogens (tertiary/aromatic N) is 1. The lowest BCUT2D eigenvalue weighted by molar-refractivity contribution is 0.112. The Bertz CT molecular complexity index is 279. The SMILES string of the molecule is CC(C)C(N)c1ccc(C=O)cn1. The van der Waals surface area contributed by atoms with Crippen molar-refractivity contribution in [2.75, 3.05) is 0 Å². The molecule has 1 aromatic heterocycles. The highest BCUT2D eigenvalue weighted by Gasteiger charge is 2.10. The van der Waals surface area contributed by atoms with Crippen molar-refractivity contribution >= 4 is 6.29 Å². The lowest BCUT2D eigenvalue weighted by atomic mass is 10.0. The number of pyridine rings is 1. The summed E-state index contributed by atoms with van der Waals surface area (Å²) >= 11 is 0. The fourth-order valence-electron chi connectivity index (χ4n) is 1.03. The molecule has 1 heterocycles. The number of nitrogens with two attached hydrogens (primary N) is 1. The molecule has 1 atom stereocenters. The molecule has 0 aromatic carbocycles. The van der Waals surface area contributed by atoms with Crippen molar-refractivity contribution in [3.8, 4) is 0 Å². The Morgan fingerprint density at radius 3 is 2.54 bits per heavy atom. The zero-order valence-electron chi connectivity index (χ0n) is 7.90. The van der Waals surface area contributed by atoms with Gasteiger partial charge in [0.25, 0.3) is 0 Å². The van der Waals surface area contributed by atoms with Crippen LogP contribution in [0.3, 0.4) is 0 Å². The lowest BCUT2D eigenvalue weighted by Crippen LogP contribution is -2.17. The second kappa shape index (κ2) is 4.14. The zero-order chi connectivity index (χ0) is 9.84. The smallest absolute Gasteiger partial charge is 0.151 e. The summed E-state index contributed by atoms with van der Waals surface area (Å²) in [6, 6.07) is 3.48. The maximum absolute atomic E-state index is 10.4. The van der Waals surface area contributed by atoms with Crippen molar-refractivity contribution in [2.24, 2.45) is 11.7 Å². The maximum atomic E-state index is 10.4. The number of aromatic nitrogens is 1. The van der Waals surface area contributed by atoms with Gasteiger partial charge in [0, 0.05) is 17.8 Å². The molecule has 0 aliphatic carbocycles. The minimum absolute atomic E-state index is 0.0549. The van der Waals surface area contributed by atoms with Crippen LogP contribution in [0.5, 0.6) is 0 Å². The van der Waals surface area contributed by atoms with Gasteiger partial charge in [-0.05, 0) is 18.1 Å². The molecule has 1 unspecified atom stereocenters. The quantitative estimate of drug-likeness (QED) is 0.714. The minimum atomic E-state index is -0.0549. The van der Waals surface area contributed by atoms with E-state index in [1.807, 2.05) is 13.8 Å². The standard InChI is InChI=1S/C10H14N2O/c1-7(2)10(11)9-4-3-8(6-13)5-12-9/h3-7,10H,11H2,1-2H3. The molecule has 70 valence electrons. The Morgan fingerprint density at radius 1 is 1.46 bits per heavy atom. The van der Waals surface area contributed by atoms with E-state index >= 15 is 0 Å². The first kappa shape index (κ1) is 9.86. The van der Waals surface area contributed by atoms with E-state index in [1.165, 1.54) is 0 Å². The number of aldehydes is 1. The van der Waals surface area contributed by atoms with Gasteiger partial charge in [-0.3, -0.25) is 9.78 Å². The molecule has 3 heteroatoms. The van der Waals surface area contributed by atoms with E-state index in [1.54, 1.807) is 18.3 Å². The molecule has 0 radical (unpaired) electrons. The molecule has 0 bridgehead atoms. The Hall–Kier alpha value is -1.22. The second-order valence-electron chi connectivity index (χ2n) is 3.40. The molecule has 0 aliphatic rings. The predicted molar refractivity (Wildman–Crippen MR) is 51.4 cm³/mol. The molecule has 1 aromatic rings. The first-order valence-electron chi connectivity index (χ1n) is 4.32. The molecule has 0 saturated heterocycles. The van der Waals surface area contributed by atoms with E-state index in [2.05, 4.69) is 4.98 Å². The summed E-state index contributed by atoms with van der Waals surface area (Å²) in [6.45, 7) is 4.08. The van der Waals surface area contributed by atoms with E-state index in [-0.39, 0.29) is 6.04 Å². The highest BCUT2D eigenvalue weighted by atomic mass is 16.1. The average Bonchev–Trinajstić information content (AvgIpc) is 2.17. The average molecular weight is 178 g/mol. The molecule has 3 nitrogen and oxygen atoms in total. The van der Waals surface area contributed by atoms with Gasteiger partial charge in [-0.1, -0.05) is 13.8 Å². The number of hydrogen-bond donors (Lipinski definition) is 1. The molecule has 0 aliphatic heterocycles. The fourth-order valence-corrected chi connectivity index (χ4v) is 1.03. The predicted octanol–water partition coefficient (Wildman–Crippen LogP) is 1.55. The maximum Gasteiger partial charge on any atom is 0.151 e. The molecular formula is C10H14N2O. The van der Waals surface area contributed by atoms with Gasteiger partial charge in [-0.2, -0.15) is 0 Å². The van der Waals surface area contributed by atoms with Gasteiger partial charge in [0.2, 0.25) is 0 Å². The Balaban J connectivity index is 2.85. The van der Waals surface area contributed by atoms with Crippen LogP contribution in [0.1, 0.15) is 35.9 Å². The largest absolute Gasteiger partial charge is 0.322 e. The number of hydrogen-bond acceptors (Lipinski definition) is 3. The highest BCUT2D eigenvalue weighted by molar-refractivity contribution is 5.73. The van der Waals surface area contributed by atoms with Crippen molar-refractivity contribution < 1.29 is 4.79 Å². The van der Waals surface area contributed by atoms with E-state index < -0.39 is 0 Å². The summed E-state index contributed by atoms with van der Waals surface area (Å²) < 4.78 is 0. The third-order valence-corrected chi connectivity index (χ3v) is 2.01. The Morgan fingerprint density at radius 2 is 2.15 bits per heavy atom. The number of rotatable bonds is 3. The second-order valence-corrected chi connectivity index (χ2v) is 3.40. The van der Waals surface area contributed by atoms with Crippen molar-refractivity contribution in [1.29, 1.82) is 0 Å². The van der Waals surface area contributed by atoms with Crippen LogP contribution in [0.2, 0.25) is 0 Å². The van der Waals surface area contributed by atoms with Crippen molar-refractivity contribution in [3.05, 3.63) is 29.6 Å². The zero-order valence-corrected chi connectivity index (χ0v) is 7.90. The molecule has 0 amide bonds. The third-order valence-electron chi connectivity index (χ3n) is 2.01. The van der Waals surface area contributed by atoms with E-state index in [9.17, 15) is 4.79 Å². The monoisotopic (exact) mass is 178 g/mol. The van der Waals surface area contributed by atoms with E-state index in [4.69, 9.17) is 5.73 Å². The Kier molecular flexibility index (Phi) is 3.14. The summed E-state index contributed by atoms with van der Waals surface area (Å²) in [5.41, 5.74) is 7.30. The summed E-state index contributed by atoms with van der Waals surface area (Å²) in [4.78, 5) is 14.5. The first-order valence-corrected chi connectivity index (χ1v) is 4.32. The molecule has 2 N–H and O–H groups in total. The molecule has 13 heavy (non-hydrogen) atoms. The summed E-state index contributed by atoms with van der Waals surface area (Å²) in [5, 5.41) is 0. The normalized spacial score (nSPS) is 12.9. The van der Waals surface area contributed by atoms with Crippen molar-refractivity contribution in [1.82, 2.24) is 4.98 Å².